The molecule has 2 fully saturated rings. The largest absolute Gasteiger partial charge is 0.303 e. The first-order chi connectivity index (χ1) is 5.79. The van der Waals surface area contributed by atoms with Gasteiger partial charge < -0.3 is 4.90 Å². The van der Waals surface area contributed by atoms with Gasteiger partial charge in [0.15, 0.2) is 0 Å². The summed E-state index contributed by atoms with van der Waals surface area (Å²) in [4.78, 5) is 2.55. The van der Waals surface area contributed by atoms with Crippen molar-refractivity contribution in [2.24, 2.45) is 11.8 Å². The van der Waals surface area contributed by atoms with E-state index in [9.17, 15) is 0 Å². The van der Waals surface area contributed by atoms with Gasteiger partial charge in [-0.2, -0.15) is 0 Å². The van der Waals surface area contributed by atoms with Crippen LogP contribution >= 0.6 is 0 Å². The van der Waals surface area contributed by atoms with Crippen LogP contribution in [0.4, 0.5) is 0 Å². The monoisotopic (exact) mass is 169 g/mol. The van der Waals surface area contributed by atoms with E-state index in [4.69, 9.17) is 0 Å². The maximum atomic E-state index is 2.55. The lowest BCUT2D eigenvalue weighted by Gasteiger charge is -2.18. The van der Waals surface area contributed by atoms with Crippen LogP contribution in [0.3, 0.4) is 0 Å². The summed E-state index contributed by atoms with van der Waals surface area (Å²) in [5.74, 6) is 2.06. The maximum absolute atomic E-state index is 2.55. The highest BCUT2D eigenvalue weighted by atomic mass is 15.2. The predicted octanol–water partition coefficient (Wildman–Crippen LogP) is 2.76. The molecule has 2 aliphatic rings. The van der Waals surface area contributed by atoms with E-state index in [2.05, 4.69) is 18.9 Å². The molecule has 0 bridgehead atoms. The van der Waals surface area contributed by atoms with Gasteiger partial charge in [-0.15, -0.1) is 0 Å². The fraction of sp³-hybridized carbons (Fsp3) is 1.00. The number of rotatable bonds is 0. The third kappa shape index (κ3) is 1.66. The highest BCUT2D eigenvalue weighted by Crippen LogP contribution is 2.40. The number of nitrogens with zero attached hydrogens (tertiary/aromatic N) is 1. The Bertz CT molecular complexity index is 117. The Labute approximate surface area is 77.1 Å². The second-order valence-corrected chi connectivity index (χ2v) is 4.06. The summed E-state index contributed by atoms with van der Waals surface area (Å²) in [5, 5.41) is 0. The fourth-order valence-corrected chi connectivity index (χ4v) is 2.78. The van der Waals surface area contributed by atoms with Crippen molar-refractivity contribution in [2.75, 3.05) is 13.6 Å². The van der Waals surface area contributed by atoms with Gasteiger partial charge in [-0.3, -0.25) is 0 Å². The van der Waals surface area contributed by atoms with Gasteiger partial charge in [0.05, 0.1) is 0 Å². The summed E-state index contributed by atoms with van der Waals surface area (Å²) in [7, 11) is 2.28. The number of hydrogen-bond acceptors (Lipinski definition) is 1. The minimum absolute atomic E-state index is 0.954. The topological polar surface area (TPSA) is 3.24 Å². The zero-order valence-electron chi connectivity index (χ0n) is 9.01. The van der Waals surface area contributed by atoms with Gasteiger partial charge in [0.1, 0.15) is 0 Å². The fourth-order valence-electron chi connectivity index (χ4n) is 2.78. The van der Waals surface area contributed by atoms with Crippen LogP contribution in [0.5, 0.6) is 0 Å². The van der Waals surface area contributed by atoms with Crippen LogP contribution in [-0.4, -0.2) is 24.5 Å². The Hall–Kier alpha value is -0.0400. The Kier molecular flexibility index (Phi) is 3.57. The smallest absolute Gasteiger partial charge is 0.0124 e. The van der Waals surface area contributed by atoms with Gasteiger partial charge in [0, 0.05) is 6.04 Å². The summed E-state index contributed by atoms with van der Waals surface area (Å²) in [6, 6.07) is 0.954. The van der Waals surface area contributed by atoms with E-state index in [-0.39, 0.29) is 0 Å². The Morgan fingerprint density at radius 1 is 1.08 bits per heavy atom. The Morgan fingerprint density at radius 2 is 1.75 bits per heavy atom. The van der Waals surface area contributed by atoms with E-state index in [1.165, 1.54) is 25.8 Å². The van der Waals surface area contributed by atoms with Gasteiger partial charge in [-0.25, -0.2) is 0 Å². The first-order valence-electron chi connectivity index (χ1n) is 5.49. The first-order valence-corrected chi connectivity index (χ1v) is 5.49. The van der Waals surface area contributed by atoms with E-state index >= 15 is 0 Å². The Balaban J connectivity index is 0.000000336. The zero-order valence-corrected chi connectivity index (χ0v) is 9.01. The number of hydrogen-bond donors (Lipinski definition) is 0. The van der Waals surface area contributed by atoms with E-state index in [1.54, 1.807) is 0 Å². The molecule has 2 rings (SSSR count). The molecule has 1 heterocycles. The summed E-state index contributed by atoms with van der Waals surface area (Å²) in [6.45, 7) is 7.77. The van der Waals surface area contributed by atoms with Gasteiger partial charge in [-0.1, -0.05) is 20.8 Å². The highest BCUT2D eigenvalue weighted by Gasteiger charge is 2.39. The van der Waals surface area contributed by atoms with Crippen LogP contribution < -0.4 is 0 Å². The summed E-state index contributed by atoms with van der Waals surface area (Å²) >= 11 is 0. The molecule has 0 amide bonds. The molecule has 72 valence electrons. The summed E-state index contributed by atoms with van der Waals surface area (Å²) in [5.41, 5.74) is 0. The van der Waals surface area contributed by atoms with Crippen molar-refractivity contribution in [3.8, 4) is 0 Å². The van der Waals surface area contributed by atoms with Crippen molar-refractivity contribution in [2.45, 2.75) is 46.1 Å². The van der Waals surface area contributed by atoms with Crippen molar-refractivity contribution in [3.63, 3.8) is 0 Å². The lowest BCUT2D eigenvalue weighted by Crippen LogP contribution is -2.25. The van der Waals surface area contributed by atoms with Crippen LogP contribution in [0.1, 0.15) is 40.0 Å². The van der Waals surface area contributed by atoms with E-state index in [0.29, 0.717) is 0 Å². The molecule has 0 aromatic carbocycles. The maximum Gasteiger partial charge on any atom is 0.0124 e. The van der Waals surface area contributed by atoms with Crippen molar-refractivity contribution in [1.29, 1.82) is 0 Å². The van der Waals surface area contributed by atoms with E-state index < -0.39 is 0 Å². The second kappa shape index (κ2) is 4.27. The third-order valence-corrected chi connectivity index (χ3v) is 3.52. The Morgan fingerprint density at radius 3 is 2.33 bits per heavy atom. The molecule has 0 N–H and O–H groups in total. The van der Waals surface area contributed by atoms with Gasteiger partial charge in [-0.05, 0) is 44.7 Å². The van der Waals surface area contributed by atoms with Crippen LogP contribution in [0, 0.1) is 11.8 Å². The highest BCUT2D eigenvalue weighted by molar-refractivity contribution is 4.93. The average Bonchev–Trinajstić information content (AvgIpc) is 2.62. The number of likely N-dealkylation sites (tertiary alicyclic amines) is 1. The van der Waals surface area contributed by atoms with Crippen LogP contribution in [-0.2, 0) is 0 Å². The van der Waals surface area contributed by atoms with Crippen molar-refractivity contribution < 1.29 is 0 Å². The molecule has 1 saturated carbocycles. The molecule has 1 saturated heterocycles. The molecular formula is C11H23N. The molecule has 1 aliphatic heterocycles. The molecular weight excluding hydrogens is 146 g/mol. The molecule has 0 aromatic rings. The van der Waals surface area contributed by atoms with E-state index in [1.807, 2.05) is 13.8 Å². The van der Waals surface area contributed by atoms with Crippen LogP contribution in [0.2, 0.25) is 0 Å². The second-order valence-electron chi connectivity index (χ2n) is 4.06. The van der Waals surface area contributed by atoms with Gasteiger partial charge in [0.2, 0.25) is 0 Å². The lowest BCUT2D eigenvalue weighted by atomic mass is 9.95. The molecule has 0 radical (unpaired) electrons. The van der Waals surface area contributed by atoms with Crippen molar-refractivity contribution in [1.82, 2.24) is 4.90 Å². The molecule has 0 spiro atoms. The molecule has 1 nitrogen and oxygen atoms in total. The molecule has 1 heteroatoms. The minimum Gasteiger partial charge on any atom is -0.303 e. The van der Waals surface area contributed by atoms with Gasteiger partial charge in [0.25, 0.3) is 0 Å². The molecule has 3 atom stereocenters. The first kappa shape index (κ1) is 10.0. The minimum atomic E-state index is 0.954. The van der Waals surface area contributed by atoms with Crippen molar-refractivity contribution in [3.05, 3.63) is 0 Å². The van der Waals surface area contributed by atoms with Crippen LogP contribution in [0.25, 0.3) is 0 Å². The van der Waals surface area contributed by atoms with Crippen molar-refractivity contribution >= 4 is 0 Å². The zero-order chi connectivity index (χ0) is 9.14. The summed E-state index contributed by atoms with van der Waals surface area (Å²) in [6.07, 6.45) is 4.39. The quantitative estimate of drug-likeness (QED) is 0.539. The average molecular weight is 169 g/mol. The number of fused-ring (bicyclic) bond motifs is 1. The predicted molar refractivity (Wildman–Crippen MR) is 54.3 cm³/mol. The van der Waals surface area contributed by atoms with Gasteiger partial charge >= 0.3 is 0 Å². The molecule has 3 unspecified atom stereocenters. The lowest BCUT2D eigenvalue weighted by molar-refractivity contribution is 0.285. The third-order valence-electron chi connectivity index (χ3n) is 3.52. The summed E-state index contributed by atoms with van der Waals surface area (Å²) < 4.78 is 0. The molecule has 0 aromatic heterocycles. The van der Waals surface area contributed by atoms with E-state index in [0.717, 1.165) is 17.9 Å². The standard InChI is InChI=1S/C9H17N.C2H6/c1-7-3-4-9-8(7)5-6-10(9)2;1-2/h7-9H,3-6H2,1-2H3;1-2H3. The normalized spacial score (nSPS) is 40.5. The van der Waals surface area contributed by atoms with Crippen LogP contribution in [0.15, 0.2) is 0 Å². The SMILES string of the molecule is CC.CC1CCC2C1CCN2C. The molecule has 1 aliphatic carbocycles. The molecule has 12 heavy (non-hydrogen) atoms.